The van der Waals surface area contributed by atoms with Crippen molar-refractivity contribution in [1.82, 2.24) is 15.0 Å². The van der Waals surface area contributed by atoms with E-state index < -0.39 is 0 Å². The highest BCUT2D eigenvalue weighted by Crippen LogP contribution is 2.21. The first kappa shape index (κ1) is 15.8. The summed E-state index contributed by atoms with van der Waals surface area (Å²) in [5.41, 5.74) is 0.572. The van der Waals surface area contributed by atoms with Crippen molar-refractivity contribution in [3.05, 3.63) is 35.2 Å². The molecule has 3 heterocycles. The van der Waals surface area contributed by atoms with Gasteiger partial charge in [-0.05, 0) is 12.1 Å². The summed E-state index contributed by atoms with van der Waals surface area (Å²) < 4.78 is 10.9. The van der Waals surface area contributed by atoms with Crippen LogP contribution >= 0.6 is 11.6 Å². The van der Waals surface area contributed by atoms with E-state index in [9.17, 15) is 5.11 Å². The molecule has 2 aromatic heterocycles. The minimum atomic E-state index is 0.150. The highest BCUT2D eigenvalue weighted by Gasteiger charge is 2.15. The fourth-order valence-corrected chi connectivity index (χ4v) is 2.44. The number of hydrogen-bond acceptors (Lipinski definition) is 7. The van der Waals surface area contributed by atoms with E-state index in [2.05, 4.69) is 19.9 Å². The molecule has 0 unspecified atom stereocenters. The van der Waals surface area contributed by atoms with Crippen molar-refractivity contribution in [3.63, 3.8) is 0 Å². The Kier molecular flexibility index (Phi) is 5.09. The molecule has 1 saturated heterocycles. The van der Waals surface area contributed by atoms with Gasteiger partial charge in [0.15, 0.2) is 0 Å². The first-order valence-electron chi connectivity index (χ1n) is 7.35. The Labute approximate surface area is 138 Å². The molecule has 0 saturated carbocycles. The number of aromatic hydroxyl groups is 1. The average Bonchev–Trinajstić information content (AvgIpc) is 2.57. The summed E-state index contributed by atoms with van der Waals surface area (Å²) in [4.78, 5) is 14.6. The normalized spacial score (nSPS) is 14.7. The summed E-state index contributed by atoms with van der Waals surface area (Å²) in [7, 11) is 0. The lowest BCUT2D eigenvalue weighted by Crippen LogP contribution is -2.36. The summed E-state index contributed by atoms with van der Waals surface area (Å²) in [6, 6.07) is 5.20. The third-order valence-electron chi connectivity index (χ3n) is 3.43. The predicted octanol–water partition coefficient (Wildman–Crippen LogP) is 1.69. The van der Waals surface area contributed by atoms with E-state index in [4.69, 9.17) is 21.1 Å². The molecule has 23 heavy (non-hydrogen) atoms. The summed E-state index contributed by atoms with van der Waals surface area (Å²) in [5, 5.41) is 10.0. The van der Waals surface area contributed by atoms with Gasteiger partial charge in [-0.3, -0.25) is 4.98 Å². The van der Waals surface area contributed by atoms with Crippen LogP contribution in [0, 0.1) is 0 Å². The van der Waals surface area contributed by atoms with Crippen molar-refractivity contribution in [2.24, 2.45) is 0 Å². The first-order chi connectivity index (χ1) is 11.2. The van der Waals surface area contributed by atoms with Gasteiger partial charge in [-0.15, -0.1) is 0 Å². The molecule has 0 aliphatic carbocycles. The van der Waals surface area contributed by atoms with Gasteiger partial charge in [-0.25, -0.2) is 0 Å². The number of morpholine rings is 1. The minimum absolute atomic E-state index is 0.150. The van der Waals surface area contributed by atoms with Crippen LogP contribution in [-0.4, -0.2) is 53.0 Å². The highest BCUT2D eigenvalue weighted by atomic mass is 35.5. The standard InChI is InChI=1S/C15H17ClN4O3/c16-13-10-14(20-5-8-22-9-6-20)19-15(18-13)23-7-3-11-12(21)2-1-4-17-11/h1-2,4,10,21H,3,5-9H2. The Morgan fingerprint density at radius 1 is 1.30 bits per heavy atom. The topological polar surface area (TPSA) is 80.6 Å². The molecule has 0 spiro atoms. The lowest BCUT2D eigenvalue weighted by Gasteiger charge is -2.27. The largest absolute Gasteiger partial charge is 0.506 e. The molecule has 7 nitrogen and oxygen atoms in total. The third kappa shape index (κ3) is 4.20. The Bertz CT molecular complexity index is 665. The number of aromatic nitrogens is 3. The number of hydrogen-bond donors (Lipinski definition) is 1. The fraction of sp³-hybridized carbons (Fsp3) is 0.400. The van der Waals surface area contributed by atoms with Crippen LogP contribution in [0.2, 0.25) is 5.15 Å². The number of rotatable bonds is 5. The van der Waals surface area contributed by atoms with Crippen LogP contribution in [0.5, 0.6) is 11.8 Å². The molecule has 1 aliphatic rings. The van der Waals surface area contributed by atoms with Gasteiger partial charge in [0.25, 0.3) is 0 Å². The van der Waals surface area contributed by atoms with E-state index in [0.717, 1.165) is 18.9 Å². The maximum atomic E-state index is 9.68. The van der Waals surface area contributed by atoms with E-state index in [1.807, 2.05) is 0 Å². The van der Waals surface area contributed by atoms with Gasteiger partial charge in [0.05, 0.1) is 25.5 Å². The van der Waals surface area contributed by atoms with E-state index in [0.29, 0.717) is 37.1 Å². The zero-order chi connectivity index (χ0) is 16.1. The Morgan fingerprint density at radius 2 is 2.13 bits per heavy atom. The number of ether oxygens (including phenoxy) is 2. The maximum absolute atomic E-state index is 9.68. The molecule has 1 N–H and O–H groups in total. The zero-order valence-electron chi connectivity index (χ0n) is 12.5. The van der Waals surface area contributed by atoms with E-state index in [1.54, 1.807) is 24.4 Å². The molecule has 0 bridgehead atoms. The average molecular weight is 337 g/mol. The zero-order valence-corrected chi connectivity index (χ0v) is 13.2. The smallest absolute Gasteiger partial charge is 0.319 e. The molecule has 0 radical (unpaired) electrons. The molecule has 1 fully saturated rings. The highest BCUT2D eigenvalue weighted by molar-refractivity contribution is 6.29. The second kappa shape index (κ2) is 7.43. The third-order valence-corrected chi connectivity index (χ3v) is 3.63. The van der Waals surface area contributed by atoms with Crippen LogP contribution in [0.15, 0.2) is 24.4 Å². The number of nitrogens with zero attached hydrogens (tertiary/aromatic N) is 4. The molecule has 0 amide bonds. The van der Waals surface area contributed by atoms with Gasteiger partial charge in [-0.1, -0.05) is 11.6 Å². The van der Waals surface area contributed by atoms with E-state index in [1.165, 1.54) is 0 Å². The van der Waals surface area contributed by atoms with Gasteiger partial charge >= 0.3 is 6.01 Å². The molecule has 3 rings (SSSR count). The van der Waals surface area contributed by atoms with Crippen LogP contribution < -0.4 is 9.64 Å². The molecule has 0 atom stereocenters. The Hall–Kier alpha value is -2.12. The van der Waals surface area contributed by atoms with Gasteiger partial charge in [0, 0.05) is 31.8 Å². The molecule has 8 heteroatoms. The second-order valence-electron chi connectivity index (χ2n) is 5.00. The van der Waals surface area contributed by atoms with Crippen molar-refractivity contribution in [2.75, 3.05) is 37.8 Å². The minimum Gasteiger partial charge on any atom is -0.506 e. The van der Waals surface area contributed by atoms with Crippen molar-refractivity contribution < 1.29 is 14.6 Å². The second-order valence-corrected chi connectivity index (χ2v) is 5.39. The van der Waals surface area contributed by atoms with Gasteiger partial charge in [-0.2, -0.15) is 9.97 Å². The van der Waals surface area contributed by atoms with Crippen molar-refractivity contribution in [3.8, 4) is 11.8 Å². The monoisotopic (exact) mass is 336 g/mol. The first-order valence-corrected chi connectivity index (χ1v) is 7.73. The van der Waals surface area contributed by atoms with Crippen molar-refractivity contribution in [2.45, 2.75) is 6.42 Å². The van der Waals surface area contributed by atoms with E-state index in [-0.39, 0.29) is 11.8 Å². The van der Waals surface area contributed by atoms with Gasteiger partial charge in [0.2, 0.25) is 0 Å². The summed E-state index contributed by atoms with van der Waals surface area (Å²) in [6.45, 7) is 3.14. The quantitative estimate of drug-likeness (QED) is 0.832. The van der Waals surface area contributed by atoms with E-state index >= 15 is 0 Å². The van der Waals surface area contributed by atoms with Gasteiger partial charge in [0.1, 0.15) is 16.7 Å². The van der Waals surface area contributed by atoms with Crippen LogP contribution in [0.4, 0.5) is 5.82 Å². The Balaban J connectivity index is 1.63. The summed E-state index contributed by atoms with van der Waals surface area (Å²) >= 11 is 6.05. The summed E-state index contributed by atoms with van der Waals surface area (Å²) in [5.74, 6) is 0.876. The van der Waals surface area contributed by atoms with Crippen molar-refractivity contribution >= 4 is 17.4 Å². The van der Waals surface area contributed by atoms with Crippen LogP contribution in [0.25, 0.3) is 0 Å². The molecule has 122 valence electrons. The molecular formula is C15H17ClN4O3. The summed E-state index contributed by atoms with van der Waals surface area (Å²) in [6.07, 6.45) is 2.08. The Morgan fingerprint density at radius 3 is 2.91 bits per heavy atom. The molecule has 1 aliphatic heterocycles. The maximum Gasteiger partial charge on any atom is 0.319 e. The SMILES string of the molecule is Oc1cccnc1CCOc1nc(Cl)cc(N2CCOCC2)n1. The number of anilines is 1. The number of halogens is 1. The van der Waals surface area contributed by atoms with Crippen LogP contribution in [0.1, 0.15) is 5.69 Å². The van der Waals surface area contributed by atoms with Crippen LogP contribution in [0.3, 0.4) is 0 Å². The predicted molar refractivity (Wildman–Crippen MR) is 85.2 cm³/mol. The molecule has 2 aromatic rings. The van der Waals surface area contributed by atoms with Gasteiger partial charge < -0.3 is 19.5 Å². The molecular weight excluding hydrogens is 320 g/mol. The van der Waals surface area contributed by atoms with Crippen molar-refractivity contribution in [1.29, 1.82) is 0 Å². The number of pyridine rings is 1. The lowest BCUT2D eigenvalue weighted by molar-refractivity contribution is 0.122. The van der Waals surface area contributed by atoms with Crippen LogP contribution in [-0.2, 0) is 11.2 Å². The lowest BCUT2D eigenvalue weighted by atomic mass is 10.2. The molecule has 0 aromatic carbocycles. The fourth-order valence-electron chi connectivity index (χ4n) is 2.27.